The van der Waals surface area contributed by atoms with Crippen molar-refractivity contribution in [2.75, 3.05) is 26.8 Å². The Labute approximate surface area is 166 Å². The third-order valence-electron chi connectivity index (χ3n) is 4.47. The number of hydrogen-bond donors (Lipinski definition) is 2. The number of nitrogens with zero attached hydrogens (tertiary/aromatic N) is 1. The van der Waals surface area contributed by atoms with Crippen LogP contribution in [-0.4, -0.2) is 65.9 Å². The Hall–Kier alpha value is -2.62. The highest BCUT2D eigenvalue weighted by Crippen LogP contribution is 2.30. The van der Waals surface area contributed by atoms with E-state index < -0.39 is 24.0 Å². The van der Waals surface area contributed by atoms with Crippen LogP contribution in [0.25, 0.3) is 0 Å². The Morgan fingerprint density at radius 2 is 1.76 bits per heavy atom. The summed E-state index contributed by atoms with van der Waals surface area (Å²) in [5, 5.41) is 16.2. The van der Waals surface area contributed by atoms with E-state index in [-0.39, 0.29) is 18.2 Å². The topological polar surface area (TPSA) is 104 Å². The molecule has 1 amide bonds. The number of likely N-dealkylation sites (tertiary alicyclic amines) is 1. The molecule has 29 heavy (non-hydrogen) atoms. The van der Waals surface area contributed by atoms with Gasteiger partial charge in [-0.1, -0.05) is 30.3 Å². The van der Waals surface area contributed by atoms with Crippen LogP contribution in [0.2, 0.25) is 0 Å². The van der Waals surface area contributed by atoms with Crippen LogP contribution in [-0.2, 0) is 19.1 Å². The molecule has 0 spiro atoms. The van der Waals surface area contributed by atoms with Gasteiger partial charge in [0.2, 0.25) is 5.91 Å². The summed E-state index contributed by atoms with van der Waals surface area (Å²) < 4.78 is 36.8. The number of rotatable bonds is 6. The van der Waals surface area contributed by atoms with E-state index in [1.165, 1.54) is 5.56 Å². The predicted molar refractivity (Wildman–Crippen MR) is 96.3 cm³/mol. The van der Waals surface area contributed by atoms with Crippen LogP contribution >= 0.6 is 0 Å². The van der Waals surface area contributed by atoms with Crippen molar-refractivity contribution in [3.63, 3.8) is 0 Å². The summed E-state index contributed by atoms with van der Waals surface area (Å²) in [7, 11) is 1.60. The number of ether oxygens (including phenoxy) is 1. The number of carboxylic acids is 2. The van der Waals surface area contributed by atoms with Gasteiger partial charge < -0.3 is 19.8 Å². The monoisotopic (exact) mass is 419 g/mol. The van der Waals surface area contributed by atoms with Crippen LogP contribution in [0.4, 0.5) is 13.2 Å². The van der Waals surface area contributed by atoms with E-state index in [1.807, 2.05) is 18.2 Å². The largest absolute Gasteiger partial charge is 0.490 e. The van der Waals surface area contributed by atoms with Gasteiger partial charge in [-0.2, -0.15) is 13.2 Å². The number of hydrogen-bond acceptors (Lipinski definition) is 4. The standard InChI is InChI=1S/C17H23NO4.C2HF3O2/c1-22-10-9-18-12-15(13-5-3-2-4-6-13)8-7-14(17(18)21)11-16(19)20;3-2(4,5)1(6)7/h2-6,14-15H,7-12H2,1H3,(H,19,20);(H,6,7)/t14-,15+;/m1./s1. The Kier molecular flexibility index (Phi) is 9.60. The van der Waals surface area contributed by atoms with E-state index in [4.69, 9.17) is 19.7 Å². The second-order valence-electron chi connectivity index (χ2n) is 6.56. The van der Waals surface area contributed by atoms with Gasteiger partial charge in [0.1, 0.15) is 0 Å². The molecule has 1 heterocycles. The first kappa shape index (κ1) is 24.4. The molecule has 1 aromatic rings. The molecule has 0 saturated carbocycles. The Morgan fingerprint density at radius 1 is 1.17 bits per heavy atom. The van der Waals surface area contributed by atoms with Gasteiger partial charge in [-0.15, -0.1) is 0 Å². The summed E-state index contributed by atoms with van der Waals surface area (Å²) >= 11 is 0. The minimum atomic E-state index is -5.08. The van der Waals surface area contributed by atoms with E-state index in [1.54, 1.807) is 12.0 Å². The normalized spacial score (nSPS) is 19.7. The molecule has 0 unspecified atom stereocenters. The minimum Gasteiger partial charge on any atom is -0.481 e. The molecule has 2 atom stereocenters. The van der Waals surface area contributed by atoms with Crippen LogP contribution < -0.4 is 0 Å². The fourth-order valence-electron chi connectivity index (χ4n) is 3.03. The molecular formula is C19H24F3NO6. The number of carbonyl (C=O) groups excluding carboxylic acids is 1. The van der Waals surface area contributed by atoms with Gasteiger partial charge in [-0.3, -0.25) is 9.59 Å². The van der Waals surface area contributed by atoms with E-state index in [9.17, 15) is 22.8 Å². The molecule has 1 aliphatic rings. The maximum atomic E-state index is 12.6. The van der Waals surface area contributed by atoms with Crippen LogP contribution in [0.3, 0.4) is 0 Å². The highest BCUT2D eigenvalue weighted by atomic mass is 19.4. The van der Waals surface area contributed by atoms with Gasteiger partial charge in [0.25, 0.3) is 0 Å². The van der Waals surface area contributed by atoms with E-state index in [0.29, 0.717) is 26.1 Å². The highest BCUT2D eigenvalue weighted by molar-refractivity contribution is 5.83. The van der Waals surface area contributed by atoms with Crippen LogP contribution in [0.5, 0.6) is 0 Å². The third-order valence-corrected chi connectivity index (χ3v) is 4.47. The fourth-order valence-corrected chi connectivity index (χ4v) is 3.03. The molecule has 0 bridgehead atoms. The predicted octanol–water partition coefficient (Wildman–Crippen LogP) is 2.76. The lowest BCUT2D eigenvalue weighted by Crippen LogP contribution is -2.39. The summed E-state index contributed by atoms with van der Waals surface area (Å²) in [5.41, 5.74) is 1.20. The Bertz CT molecular complexity index is 680. The summed E-state index contributed by atoms with van der Waals surface area (Å²) in [6.07, 6.45) is -3.73. The van der Waals surface area contributed by atoms with E-state index in [0.717, 1.165) is 6.42 Å². The SMILES string of the molecule is COCCN1C[C@@H](c2ccccc2)CC[C@H](CC(=O)O)C1=O.O=C(O)C(F)(F)F. The molecule has 10 heteroatoms. The fraction of sp³-hybridized carbons (Fsp3) is 0.526. The van der Waals surface area contributed by atoms with Crippen LogP contribution in [0, 0.1) is 5.92 Å². The van der Waals surface area contributed by atoms with Crippen molar-refractivity contribution in [1.29, 1.82) is 0 Å². The summed E-state index contributed by atoms with van der Waals surface area (Å²) in [6.45, 7) is 1.60. The maximum Gasteiger partial charge on any atom is 0.490 e. The molecule has 0 radical (unpaired) electrons. The Balaban J connectivity index is 0.000000516. The number of halogens is 3. The molecular weight excluding hydrogens is 395 g/mol. The molecule has 1 fully saturated rings. The smallest absolute Gasteiger partial charge is 0.481 e. The molecule has 2 rings (SSSR count). The average molecular weight is 419 g/mol. The number of methoxy groups -OCH3 is 1. The second kappa shape index (κ2) is 11.4. The average Bonchev–Trinajstić information content (AvgIpc) is 2.80. The zero-order valence-corrected chi connectivity index (χ0v) is 15.9. The van der Waals surface area contributed by atoms with Gasteiger partial charge in [0.15, 0.2) is 0 Å². The van der Waals surface area contributed by atoms with Gasteiger partial charge in [-0.25, -0.2) is 4.79 Å². The molecule has 1 aliphatic heterocycles. The lowest BCUT2D eigenvalue weighted by atomic mass is 9.91. The quantitative estimate of drug-likeness (QED) is 0.735. The van der Waals surface area contributed by atoms with Crippen LogP contribution in [0.1, 0.15) is 30.7 Å². The number of carboxylic acid groups (broad SMARTS) is 2. The van der Waals surface area contributed by atoms with Gasteiger partial charge in [0.05, 0.1) is 13.0 Å². The molecule has 162 valence electrons. The minimum absolute atomic E-state index is 0.0575. The molecule has 1 aromatic carbocycles. The first-order valence-electron chi connectivity index (χ1n) is 8.90. The second-order valence-corrected chi connectivity index (χ2v) is 6.56. The number of carbonyl (C=O) groups is 3. The van der Waals surface area contributed by atoms with Crippen molar-refractivity contribution >= 4 is 17.8 Å². The number of alkyl halides is 3. The zero-order valence-electron chi connectivity index (χ0n) is 15.9. The summed E-state index contributed by atoms with van der Waals surface area (Å²) in [6, 6.07) is 10.1. The molecule has 1 saturated heterocycles. The third kappa shape index (κ3) is 8.51. The van der Waals surface area contributed by atoms with Gasteiger partial charge in [-0.05, 0) is 18.4 Å². The summed E-state index contributed by atoms with van der Waals surface area (Å²) in [4.78, 5) is 34.2. The zero-order chi connectivity index (χ0) is 22.0. The van der Waals surface area contributed by atoms with Crippen LogP contribution in [0.15, 0.2) is 30.3 Å². The number of benzene rings is 1. The van der Waals surface area contributed by atoms with Crippen molar-refractivity contribution in [2.24, 2.45) is 5.92 Å². The lowest BCUT2D eigenvalue weighted by molar-refractivity contribution is -0.192. The van der Waals surface area contributed by atoms with Crippen molar-refractivity contribution < 1.29 is 42.5 Å². The molecule has 2 N–H and O–H groups in total. The van der Waals surface area contributed by atoms with E-state index >= 15 is 0 Å². The van der Waals surface area contributed by atoms with Crippen molar-refractivity contribution in [2.45, 2.75) is 31.4 Å². The van der Waals surface area contributed by atoms with Crippen molar-refractivity contribution in [1.82, 2.24) is 4.90 Å². The molecule has 0 aliphatic carbocycles. The van der Waals surface area contributed by atoms with E-state index in [2.05, 4.69) is 12.1 Å². The first-order valence-corrected chi connectivity index (χ1v) is 8.90. The molecule has 0 aromatic heterocycles. The van der Waals surface area contributed by atoms with Crippen molar-refractivity contribution in [3.05, 3.63) is 35.9 Å². The lowest BCUT2D eigenvalue weighted by Gasteiger charge is -2.26. The van der Waals surface area contributed by atoms with Gasteiger partial charge >= 0.3 is 18.1 Å². The first-order chi connectivity index (χ1) is 13.6. The highest BCUT2D eigenvalue weighted by Gasteiger charge is 2.38. The number of amides is 1. The molecule has 7 nitrogen and oxygen atoms in total. The maximum absolute atomic E-state index is 12.6. The Morgan fingerprint density at radius 3 is 2.24 bits per heavy atom. The van der Waals surface area contributed by atoms with Crippen molar-refractivity contribution in [3.8, 4) is 0 Å². The summed E-state index contributed by atoms with van der Waals surface area (Å²) in [5.74, 6) is -3.91. The van der Waals surface area contributed by atoms with Gasteiger partial charge in [0, 0.05) is 32.0 Å². The number of aliphatic carboxylic acids is 2.